The maximum Gasteiger partial charge on any atom is 0.162 e. The molecule has 2 aromatic carbocycles. The van der Waals surface area contributed by atoms with Gasteiger partial charge in [0.25, 0.3) is 0 Å². The maximum atomic E-state index is 8.08. The molecule has 32 heavy (non-hydrogen) atoms. The summed E-state index contributed by atoms with van der Waals surface area (Å²) < 4.78 is 75.6. The molecule has 4 rings (SSSR count). The zero-order valence-corrected chi connectivity index (χ0v) is 18.0. The quantitative estimate of drug-likeness (QED) is 0.472. The molecule has 4 unspecified atom stereocenters. The van der Waals surface area contributed by atoms with Crippen LogP contribution in [0.3, 0.4) is 0 Å². The molecular formula is C23H27ClN4O4. The van der Waals surface area contributed by atoms with Crippen LogP contribution in [0.15, 0.2) is 36.7 Å². The molecule has 1 fully saturated rings. The van der Waals surface area contributed by atoms with Gasteiger partial charge in [-0.25, -0.2) is 9.97 Å². The van der Waals surface area contributed by atoms with E-state index in [2.05, 4.69) is 15.3 Å². The van der Waals surface area contributed by atoms with E-state index in [1.54, 1.807) is 24.3 Å². The lowest BCUT2D eigenvalue weighted by molar-refractivity contribution is 0.0357. The SMILES string of the molecule is [2H]C1OC([2H])C([2H])N(CCCOc2cc3c(Nc4ccc(OC)c(Cl)c4)ncnc3cc2OC([2H])([2H])[2H])C1[2H]. The van der Waals surface area contributed by atoms with Crippen molar-refractivity contribution in [1.29, 1.82) is 0 Å². The van der Waals surface area contributed by atoms with Crippen LogP contribution in [-0.4, -0.2) is 68.4 Å². The van der Waals surface area contributed by atoms with E-state index in [9.17, 15) is 0 Å². The minimum absolute atomic E-state index is 0.0415. The van der Waals surface area contributed by atoms with Crippen molar-refractivity contribution < 1.29 is 28.5 Å². The molecule has 1 saturated heterocycles. The van der Waals surface area contributed by atoms with Crippen LogP contribution in [0.1, 0.15) is 16.0 Å². The first-order valence-corrected chi connectivity index (χ1v) is 10.2. The van der Waals surface area contributed by atoms with Gasteiger partial charge in [-0.2, -0.15) is 0 Å². The van der Waals surface area contributed by atoms with Crippen molar-refractivity contribution in [2.75, 3.05) is 58.8 Å². The predicted molar refractivity (Wildman–Crippen MR) is 125 cm³/mol. The first-order valence-electron chi connectivity index (χ1n) is 13.6. The fourth-order valence-corrected chi connectivity index (χ4v) is 3.39. The second-order valence-corrected chi connectivity index (χ2v) is 7.17. The van der Waals surface area contributed by atoms with E-state index >= 15 is 0 Å². The number of anilines is 2. The summed E-state index contributed by atoms with van der Waals surface area (Å²) in [7, 11) is -1.22. The van der Waals surface area contributed by atoms with E-state index in [0.29, 0.717) is 39.6 Å². The van der Waals surface area contributed by atoms with Gasteiger partial charge < -0.3 is 24.3 Å². The number of benzene rings is 2. The molecule has 9 heteroatoms. The second kappa shape index (κ2) is 10.7. The number of halogens is 1. The molecule has 1 aromatic heterocycles. The second-order valence-electron chi connectivity index (χ2n) is 6.76. The van der Waals surface area contributed by atoms with Crippen LogP contribution in [0.2, 0.25) is 5.02 Å². The van der Waals surface area contributed by atoms with E-state index in [-0.39, 0.29) is 24.7 Å². The molecule has 0 saturated carbocycles. The van der Waals surface area contributed by atoms with E-state index in [1.165, 1.54) is 24.4 Å². The third kappa shape index (κ3) is 5.32. The average molecular weight is 466 g/mol. The monoisotopic (exact) mass is 465 g/mol. The topological polar surface area (TPSA) is 78.0 Å². The third-order valence-electron chi connectivity index (χ3n) is 4.71. The Labute approximate surface area is 202 Å². The normalized spacial score (nSPS) is 27.1. The molecule has 4 atom stereocenters. The fourth-order valence-electron chi connectivity index (χ4n) is 3.14. The van der Waals surface area contributed by atoms with Gasteiger partial charge in [0.1, 0.15) is 17.9 Å². The number of nitrogens with zero attached hydrogens (tertiary/aromatic N) is 3. The highest BCUT2D eigenvalue weighted by Crippen LogP contribution is 2.35. The first kappa shape index (κ1) is 15.1. The number of hydrogen-bond acceptors (Lipinski definition) is 8. The van der Waals surface area contributed by atoms with E-state index in [1.807, 2.05) is 0 Å². The predicted octanol–water partition coefficient (Wildman–Crippen LogP) is 4.15. The number of hydrogen-bond donors (Lipinski definition) is 1. The Hall–Kier alpha value is -2.81. The number of methoxy groups -OCH3 is 2. The van der Waals surface area contributed by atoms with Crippen molar-refractivity contribution in [3.8, 4) is 17.2 Å². The molecule has 0 bridgehead atoms. The molecular weight excluding hydrogens is 432 g/mol. The van der Waals surface area contributed by atoms with Gasteiger partial charge in [-0.3, -0.25) is 4.90 Å². The number of morpholine rings is 1. The van der Waals surface area contributed by atoms with Crippen LogP contribution in [0.4, 0.5) is 11.5 Å². The Morgan fingerprint density at radius 3 is 2.81 bits per heavy atom. The van der Waals surface area contributed by atoms with Crippen molar-refractivity contribution in [1.82, 2.24) is 14.9 Å². The Morgan fingerprint density at radius 1 is 1.16 bits per heavy atom. The van der Waals surface area contributed by atoms with Crippen molar-refractivity contribution in [2.45, 2.75) is 6.42 Å². The molecule has 1 aliphatic heterocycles. The third-order valence-corrected chi connectivity index (χ3v) is 5.00. The van der Waals surface area contributed by atoms with Crippen molar-refractivity contribution in [3.63, 3.8) is 0 Å². The molecule has 0 aliphatic carbocycles. The standard InChI is InChI=1S/C23H27ClN4O4/c1-29-20-5-4-16(12-18(20)24)27-23-17-13-22(21(30-2)14-19(17)25-15-26-23)32-9-3-6-28-7-10-31-11-8-28/h4-5,12-15H,3,6-11H2,1-2H3,(H,25,26,27)/i2D3,7D,8D,10D,11D. The summed E-state index contributed by atoms with van der Waals surface area (Å²) in [5, 5.41) is 4.09. The largest absolute Gasteiger partial charge is 0.495 e. The van der Waals surface area contributed by atoms with Crippen LogP contribution in [0.25, 0.3) is 10.9 Å². The number of fused-ring (bicyclic) bond motifs is 1. The van der Waals surface area contributed by atoms with Crippen LogP contribution >= 0.6 is 11.6 Å². The van der Waals surface area contributed by atoms with Crippen molar-refractivity contribution in [3.05, 3.63) is 41.7 Å². The van der Waals surface area contributed by atoms with Crippen LogP contribution < -0.4 is 19.5 Å². The fraction of sp³-hybridized carbons (Fsp3) is 0.391. The Kier molecular flexibility index (Phi) is 5.04. The molecule has 170 valence electrons. The lowest BCUT2D eigenvalue weighted by Gasteiger charge is -2.26. The van der Waals surface area contributed by atoms with Crippen molar-refractivity contribution in [2.24, 2.45) is 0 Å². The van der Waals surface area contributed by atoms with Gasteiger partial charge in [0, 0.05) is 39.5 Å². The van der Waals surface area contributed by atoms with Crippen LogP contribution in [0, 0.1) is 0 Å². The van der Waals surface area contributed by atoms with Crippen LogP contribution in [-0.2, 0) is 4.74 Å². The summed E-state index contributed by atoms with van der Waals surface area (Å²) in [6.07, 6.45) is 1.65. The van der Waals surface area contributed by atoms with Gasteiger partial charge in [0.2, 0.25) is 0 Å². The van der Waals surface area contributed by atoms with E-state index in [0.717, 1.165) is 0 Å². The molecule has 1 aliphatic rings. The minimum Gasteiger partial charge on any atom is -0.495 e. The van der Waals surface area contributed by atoms with E-state index in [4.69, 9.17) is 40.1 Å². The molecule has 0 amide bonds. The van der Waals surface area contributed by atoms with Gasteiger partial charge in [0.15, 0.2) is 11.5 Å². The first-order chi connectivity index (χ1) is 18.5. The summed E-state index contributed by atoms with van der Waals surface area (Å²) >= 11 is 6.24. The lowest BCUT2D eigenvalue weighted by atomic mass is 10.2. The van der Waals surface area contributed by atoms with Gasteiger partial charge in [-0.05, 0) is 30.7 Å². The molecule has 2 heterocycles. The van der Waals surface area contributed by atoms with Crippen molar-refractivity contribution >= 4 is 34.0 Å². The number of nitrogens with one attached hydrogen (secondary N) is 1. The maximum absolute atomic E-state index is 8.08. The summed E-state index contributed by atoms with van der Waals surface area (Å²) in [6, 6.07) is 8.15. The molecule has 0 radical (unpaired) electrons. The summed E-state index contributed by atoms with van der Waals surface area (Å²) in [5.41, 5.74) is 1.04. The number of aromatic nitrogens is 2. The molecule has 3 aromatic rings. The Bertz CT molecular complexity index is 1290. The highest BCUT2D eigenvalue weighted by molar-refractivity contribution is 6.32. The zero-order chi connectivity index (χ0) is 28.3. The van der Waals surface area contributed by atoms with Crippen LogP contribution in [0.5, 0.6) is 17.2 Å². The van der Waals surface area contributed by atoms with Gasteiger partial charge in [-0.1, -0.05) is 11.6 Å². The average Bonchev–Trinajstić information content (AvgIpc) is 2.87. The smallest absolute Gasteiger partial charge is 0.162 e. The molecule has 1 N–H and O–H groups in total. The highest BCUT2D eigenvalue weighted by atomic mass is 35.5. The Morgan fingerprint density at radius 2 is 2.03 bits per heavy atom. The van der Waals surface area contributed by atoms with Gasteiger partial charge in [-0.15, -0.1) is 0 Å². The summed E-state index contributed by atoms with van der Waals surface area (Å²) in [5.74, 6) is 1.02. The lowest BCUT2D eigenvalue weighted by Crippen LogP contribution is -2.37. The van der Waals surface area contributed by atoms with E-state index < -0.39 is 33.2 Å². The molecule has 8 nitrogen and oxygen atoms in total. The zero-order valence-electron chi connectivity index (χ0n) is 24.2. The molecule has 0 spiro atoms. The van der Waals surface area contributed by atoms with Gasteiger partial charge in [0.05, 0.1) is 51.3 Å². The summed E-state index contributed by atoms with van der Waals surface area (Å²) in [6.45, 7) is -4.44. The Balaban J connectivity index is 1.56. The highest BCUT2D eigenvalue weighted by Gasteiger charge is 2.14. The van der Waals surface area contributed by atoms with Gasteiger partial charge >= 0.3 is 0 Å². The minimum atomic E-state index is -2.74. The number of ether oxygens (including phenoxy) is 4. The number of rotatable bonds is 9. The summed E-state index contributed by atoms with van der Waals surface area (Å²) in [4.78, 5) is 9.93.